The minimum atomic E-state index is 0.107. The smallest absolute Gasteiger partial charge is 0.232 e. The van der Waals surface area contributed by atoms with Crippen LogP contribution in [0.5, 0.6) is 0 Å². The predicted molar refractivity (Wildman–Crippen MR) is 80.5 cm³/mol. The van der Waals surface area contributed by atoms with Crippen LogP contribution in [0, 0.1) is 5.92 Å². The number of nitrogens with zero attached hydrogens (tertiary/aromatic N) is 2. The lowest BCUT2D eigenvalue weighted by molar-refractivity contribution is -0.119. The molecule has 1 aromatic heterocycles. The highest BCUT2D eigenvalue weighted by Gasteiger charge is 2.45. The largest absolute Gasteiger partial charge is 0.291 e. The molecule has 1 aliphatic carbocycles. The van der Waals surface area contributed by atoms with Crippen LogP contribution in [-0.2, 0) is 4.79 Å². The van der Waals surface area contributed by atoms with Crippen LogP contribution in [0.2, 0.25) is 0 Å². The number of carbonyl (C=O) groups is 1. The molecular weight excluding hydrogens is 324 g/mol. The van der Waals surface area contributed by atoms with Crippen molar-refractivity contribution < 1.29 is 4.79 Å². The highest BCUT2D eigenvalue weighted by Crippen LogP contribution is 2.48. The van der Waals surface area contributed by atoms with Gasteiger partial charge in [0.05, 0.1) is 0 Å². The van der Waals surface area contributed by atoms with E-state index >= 15 is 0 Å². The number of benzene rings is 1. The van der Waals surface area contributed by atoms with Gasteiger partial charge in [0.1, 0.15) is 0 Å². The molecule has 1 aromatic carbocycles. The minimum Gasteiger partial charge on any atom is -0.291 e. The molecule has 1 fully saturated rings. The Kier molecular flexibility index (Phi) is 3.41. The second-order valence-electron chi connectivity index (χ2n) is 4.71. The van der Waals surface area contributed by atoms with E-state index in [0.717, 1.165) is 16.0 Å². The topological polar surface area (TPSA) is 33.2 Å². The summed E-state index contributed by atoms with van der Waals surface area (Å²) in [7, 11) is 1.80. The first-order valence-corrected chi connectivity index (χ1v) is 7.76. The van der Waals surface area contributed by atoms with Crippen molar-refractivity contribution >= 4 is 38.3 Å². The van der Waals surface area contributed by atoms with Gasteiger partial charge in [-0.15, -0.1) is 11.3 Å². The molecule has 3 nitrogen and oxygen atoms in total. The summed E-state index contributed by atoms with van der Waals surface area (Å²) in [6.07, 6.45) is 2.67. The Hall–Kier alpha value is -1.20. The number of amides is 1. The summed E-state index contributed by atoms with van der Waals surface area (Å²) in [5, 5.41) is 2.66. The molecule has 0 bridgehead atoms. The van der Waals surface area contributed by atoms with Crippen molar-refractivity contribution in [2.75, 3.05) is 11.9 Å². The molecule has 2 aromatic rings. The lowest BCUT2D eigenvalue weighted by Crippen LogP contribution is -2.28. The van der Waals surface area contributed by atoms with E-state index in [1.807, 2.05) is 17.5 Å². The van der Waals surface area contributed by atoms with E-state index in [1.165, 1.54) is 16.9 Å². The van der Waals surface area contributed by atoms with Crippen LogP contribution in [0.25, 0.3) is 0 Å². The average Bonchev–Trinajstić information content (AvgIpc) is 3.02. The summed E-state index contributed by atoms with van der Waals surface area (Å²) in [5.74, 6) is 0.640. The molecule has 0 N–H and O–H groups in total. The van der Waals surface area contributed by atoms with E-state index in [9.17, 15) is 4.79 Å². The number of aromatic nitrogens is 1. The van der Waals surface area contributed by atoms with Crippen molar-refractivity contribution in [1.82, 2.24) is 4.98 Å². The summed E-state index contributed by atoms with van der Waals surface area (Å²) in [4.78, 5) is 18.2. The number of halogens is 1. The van der Waals surface area contributed by atoms with Crippen molar-refractivity contribution in [1.29, 1.82) is 0 Å². The van der Waals surface area contributed by atoms with Gasteiger partial charge in [0.2, 0.25) is 5.91 Å². The Morgan fingerprint density at radius 3 is 2.79 bits per heavy atom. The molecule has 1 amide bonds. The van der Waals surface area contributed by atoms with Gasteiger partial charge < -0.3 is 0 Å². The van der Waals surface area contributed by atoms with E-state index in [0.29, 0.717) is 5.92 Å². The maximum atomic E-state index is 12.3. The Bertz CT molecular complexity index is 582. The van der Waals surface area contributed by atoms with Crippen LogP contribution < -0.4 is 4.90 Å². The Morgan fingerprint density at radius 2 is 2.16 bits per heavy atom. The van der Waals surface area contributed by atoms with Gasteiger partial charge in [-0.3, -0.25) is 9.69 Å². The van der Waals surface area contributed by atoms with Gasteiger partial charge in [0, 0.05) is 29.0 Å². The summed E-state index contributed by atoms with van der Waals surface area (Å²) in [6.45, 7) is 0. The molecule has 0 aliphatic heterocycles. The number of anilines is 1. The second-order valence-corrected chi connectivity index (χ2v) is 6.50. The van der Waals surface area contributed by atoms with Crippen molar-refractivity contribution in [3.05, 3.63) is 45.9 Å². The maximum Gasteiger partial charge on any atom is 0.232 e. The lowest BCUT2D eigenvalue weighted by Gasteiger charge is -2.13. The van der Waals surface area contributed by atoms with Gasteiger partial charge in [0.15, 0.2) is 5.13 Å². The van der Waals surface area contributed by atoms with Gasteiger partial charge in [-0.2, -0.15) is 0 Å². The molecule has 0 saturated heterocycles. The molecule has 1 aliphatic rings. The van der Waals surface area contributed by atoms with Crippen LogP contribution in [0.4, 0.5) is 5.13 Å². The van der Waals surface area contributed by atoms with Crippen molar-refractivity contribution in [3.63, 3.8) is 0 Å². The zero-order valence-corrected chi connectivity index (χ0v) is 12.8. The van der Waals surface area contributed by atoms with Crippen LogP contribution in [-0.4, -0.2) is 17.9 Å². The molecule has 19 heavy (non-hydrogen) atoms. The first-order valence-electron chi connectivity index (χ1n) is 6.09. The lowest BCUT2D eigenvalue weighted by atomic mass is 10.1. The van der Waals surface area contributed by atoms with Crippen LogP contribution in [0.15, 0.2) is 40.3 Å². The first-order chi connectivity index (χ1) is 9.16. The van der Waals surface area contributed by atoms with E-state index in [1.54, 1.807) is 18.1 Å². The normalized spacial score (nSPS) is 21.2. The molecule has 1 heterocycles. The summed E-state index contributed by atoms with van der Waals surface area (Å²) < 4.78 is 1.07. The van der Waals surface area contributed by atoms with Gasteiger partial charge in [-0.25, -0.2) is 4.98 Å². The van der Waals surface area contributed by atoms with Gasteiger partial charge >= 0.3 is 0 Å². The van der Waals surface area contributed by atoms with Crippen LogP contribution in [0.1, 0.15) is 17.9 Å². The van der Waals surface area contributed by atoms with Gasteiger partial charge in [-0.1, -0.05) is 28.1 Å². The standard InChI is InChI=1S/C14H13BrN2OS/c1-17(14-16-6-7-19-14)13(18)12-8-11(12)9-2-4-10(15)5-3-9/h2-7,11-12H,8H2,1H3. The van der Waals surface area contributed by atoms with Gasteiger partial charge in [-0.05, 0) is 30.0 Å². The number of hydrogen-bond acceptors (Lipinski definition) is 3. The van der Waals surface area contributed by atoms with E-state index in [2.05, 4.69) is 33.0 Å². The van der Waals surface area contributed by atoms with Crippen molar-refractivity contribution in [3.8, 4) is 0 Å². The third-order valence-corrected chi connectivity index (χ3v) is 4.82. The van der Waals surface area contributed by atoms with E-state index < -0.39 is 0 Å². The Balaban J connectivity index is 1.69. The number of carbonyl (C=O) groups excluding carboxylic acids is 1. The summed E-state index contributed by atoms with van der Waals surface area (Å²) in [5.41, 5.74) is 1.24. The molecule has 2 atom stereocenters. The van der Waals surface area contributed by atoms with Crippen LogP contribution in [0.3, 0.4) is 0 Å². The molecule has 0 radical (unpaired) electrons. The fraction of sp³-hybridized carbons (Fsp3) is 0.286. The van der Waals surface area contributed by atoms with Gasteiger partial charge in [0.25, 0.3) is 0 Å². The van der Waals surface area contributed by atoms with E-state index in [4.69, 9.17) is 0 Å². The highest BCUT2D eigenvalue weighted by molar-refractivity contribution is 9.10. The third kappa shape index (κ3) is 2.58. The Morgan fingerprint density at radius 1 is 1.42 bits per heavy atom. The third-order valence-electron chi connectivity index (χ3n) is 3.44. The highest BCUT2D eigenvalue weighted by atomic mass is 79.9. The predicted octanol–water partition coefficient (Wildman–Crippen LogP) is 3.67. The monoisotopic (exact) mass is 336 g/mol. The minimum absolute atomic E-state index is 0.107. The zero-order valence-electron chi connectivity index (χ0n) is 10.4. The SMILES string of the molecule is CN(C(=O)C1CC1c1ccc(Br)cc1)c1nccs1. The summed E-state index contributed by atoms with van der Waals surface area (Å²) in [6, 6.07) is 8.23. The number of thiazole rings is 1. The number of rotatable bonds is 3. The van der Waals surface area contributed by atoms with Crippen molar-refractivity contribution in [2.24, 2.45) is 5.92 Å². The maximum absolute atomic E-state index is 12.3. The molecule has 0 spiro atoms. The molecule has 98 valence electrons. The fourth-order valence-corrected chi connectivity index (χ4v) is 3.15. The van der Waals surface area contributed by atoms with E-state index in [-0.39, 0.29) is 11.8 Å². The molecule has 1 saturated carbocycles. The summed E-state index contributed by atoms with van der Waals surface area (Å²) >= 11 is 4.92. The van der Waals surface area contributed by atoms with Crippen LogP contribution >= 0.6 is 27.3 Å². The average molecular weight is 337 g/mol. The quantitative estimate of drug-likeness (QED) is 0.856. The Labute approximate surface area is 124 Å². The molecule has 2 unspecified atom stereocenters. The molecule has 3 rings (SSSR count). The zero-order chi connectivity index (χ0) is 13.4. The molecule has 5 heteroatoms. The molecular formula is C14H13BrN2OS. The number of hydrogen-bond donors (Lipinski definition) is 0. The first kappa shape index (κ1) is 12.8. The second kappa shape index (κ2) is 5.06. The fourth-order valence-electron chi connectivity index (χ4n) is 2.27. The van der Waals surface area contributed by atoms with Crippen molar-refractivity contribution in [2.45, 2.75) is 12.3 Å².